The van der Waals surface area contributed by atoms with Gasteiger partial charge in [0.15, 0.2) is 0 Å². The van der Waals surface area contributed by atoms with Crippen LogP contribution in [0, 0.1) is 13.8 Å². The molecule has 0 saturated heterocycles. The van der Waals surface area contributed by atoms with Crippen LogP contribution in [0.25, 0.3) is 0 Å². The second-order valence-electron chi connectivity index (χ2n) is 5.30. The molecule has 0 saturated carbocycles. The van der Waals surface area contributed by atoms with E-state index in [-0.39, 0.29) is 41.7 Å². The van der Waals surface area contributed by atoms with E-state index in [2.05, 4.69) is 9.97 Å². The Morgan fingerprint density at radius 3 is 2.08 bits per heavy atom. The van der Waals surface area contributed by atoms with Crippen LogP contribution in [-0.2, 0) is 22.6 Å². The lowest BCUT2D eigenvalue weighted by atomic mass is 10.1. The average Bonchev–Trinajstić information content (AvgIpc) is 2.42. The molecule has 0 radical (unpaired) electrons. The highest BCUT2D eigenvalue weighted by Crippen LogP contribution is 2.16. The molecule has 0 aromatic carbocycles. The number of nitrogens with two attached hydrogens (primary N) is 1. The van der Waals surface area contributed by atoms with E-state index in [1.54, 1.807) is 12.1 Å². The average molecular weight is 427 g/mol. The fourth-order valence-corrected chi connectivity index (χ4v) is 2.74. The molecule has 2 rings (SSSR count). The highest BCUT2D eigenvalue weighted by Gasteiger charge is 2.16. The third-order valence-corrected chi connectivity index (χ3v) is 3.49. The number of rotatable bonds is 5. The van der Waals surface area contributed by atoms with Crippen molar-refractivity contribution in [2.24, 2.45) is 5.73 Å². The zero-order valence-corrected chi connectivity index (χ0v) is 16.8. The van der Waals surface area contributed by atoms with Gasteiger partial charge in [0.05, 0.1) is 0 Å². The summed E-state index contributed by atoms with van der Waals surface area (Å²) in [6.07, 6.45) is 0.390. The van der Waals surface area contributed by atoms with Crippen LogP contribution in [0.5, 0.6) is 0 Å². The highest BCUT2D eigenvalue weighted by molar-refractivity contribution is 6.32. The number of ether oxygens (including phenoxy) is 1. The number of aromatic nitrogens is 2. The fourth-order valence-electron chi connectivity index (χ4n) is 2.24. The van der Waals surface area contributed by atoms with Crippen molar-refractivity contribution in [3.63, 3.8) is 0 Å². The summed E-state index contributed by atoms with van der Waals surface area (Å²) >= 11 is 11.6. The van der Waals surface area contributed by atoms with Gasteiger partial charge in [0, 0.05) is 11.4 Å². The first-order valence-electron chi connectivity index (χ1n) is 7.02. The molecule has 138 valence electrons. The van der Waals surface area contributed by atoms with Crippen molar-refractivity contribution in [3.8, 4) is 0 Å². The van der Waals surface area contributed by atoms with E-state index in [1.807, 2.05) is 26.0 Å². The van der Waals surface area contributed by atoms with Gasteiger partial charge >= 0.3 is 5.97 Å². The van der Waals surface area contributed by atoms with Gasteiger partial charge in [-0.15, -0.1) is 24.8 Å². The second-order valence-corrected chi connectivity index (χ2v) is 6.07. The van der Waals surface area contributed by atoms with Gasteiger partial charge < -0.3 is 10.5 Å². The summed E-state index contributed by atoms with van der Waals surface area (Å²) in [7, 11) is 0. The van der Waals surface area contributed by atoms with Gasteiger partial charge in [-0.05, 0) is 55.7 Å². The third kappa shape index (κ3) is 7.75. The summed E-state index contributed by atoms with van der Waals surface area (Å²) < 4.78 is 5.21. The van der Waals surface area contributed by atoms with Gasteiger partial charge in [0.1, 0.15) is 23.0 Å². The smallest absolute Gasteiger partial charge is 0.323 e. The van der Waals surface area contributed by atoms with E-state index in [0.717, 1.165) is 17.0 Å². The van der Waals surface area contributed by atoms with Crippen LogP contribution in [0.15, 0.2) is 24.3 Å². The number of nitrogens with zero attached hydrogens (tertiary/aromatic N) is 2. The fraction of sp³-hybridized carbons (Fsp3) is 0.312. The van der Waals surface area contributed by atoms with Crippen molar-refractivity contribution in [2.45, 2.75) is 32.9 Å². The molecule has 9 heteroatoms. The lowest BCUT2D eigenvalue weighted by Gasteiger charge is -2.12. The largest absolute Gasteiger partial charge is 0.460 e. The quantitative estimate of drug-likeness (QED) is 0.580. The minimum absolute atomic E-state index is 0. The van der Waals surface area contributed by atoms with E-state index in [9.17, 15) is 4.79 Å². The van der Waals surface area contributed by atoms with Gasteiger partial charge in [-0.25, -0.2) is 4.98 Å². The maximum Gasteiger partial charge on any atom is 0.323 e. The molecule has 2 N–H and O–H groups in total. The van der Waals surface area contributed by atoms with Crippen molar-refractivity contribution >= 4 is 54.0 Å². The van der Waals surface area contributed by atoms with Crippen LogP contribution >= 0.6 is 48.0 Å². The lowest BCUT2D eigenvalue weighted by molar-refractivity contribution is -0.146. The molecule has 5 nitrogen and oxygen atoms in total. The number of halogens is 4. The highest BCUT2D eigenvalue weighted by atomic mass is 35.5. The molecule has 1 atom stereocenters. The molecule has 0 amide bonds. The molecule has 0 fully saturated rings. The molecule has 0 spiro atoms. The summed E-state index contributed by atoms with van der Waals surface area (Å²) in [6.45, 7) is 3.84. The molecule has 2 heterocycles. The van der Waals surface area contributed by atoms with Crippen LogP contribution in [-0.4, -0.2) is 22.0 Å². The minimum atomic E-state index is -0.746. The van der Waals surface area contributed by atoms with Gasteiger partial charge in [0.25, 0.3) is 0 Å². The standard InChI is InChI=1S/C16H17Cl2N3O2.2ClH/c1-9-3-11(4-10(2)20-9)5-13(19)16(22)23-8-12-6-14(17)21-15(18)7-12;;/h3-4,6-7,13H,5,8,19H2,1-2H3;2*1H/t13-;;/m0../s1. The molecule has 2 aromatic heterocycles. The monoisotopic (exact) mass is 425 g/mol. The van der Waals surface area contributed by atoms with Crippen molar-refractivity contribution in [3.05, 3.63) is 57.1 Å². The Hall–Kier alpha value is -1.11. The van der Waals surface area contributed by atoms with Crippen LogP contribution in [0.1, 0.15) is 22.5 Å². The number of carbonyl (C=O) groups is 1. The molecule has 2 aromatic rings. The number of pyridine rings is 2. The summed E-state index contributed by atoms with van der Waals surface area (Å²) in [6, 6.07) is 6.23. The van der Waals surface area contributed by atoms with Crippen molar-refractivity contribution in [2.75, 3.05) is 0 Å². The second kappa shape index (κ2) is 10.8. The Morgan fingerprint density at radius 1 is 1.04 bits per heavy atom. The number of hydrogen-bond acceptors (Lipinski definition) is 5. The summed E-state index contributed by atoms with van der Waals surface area (Å²) in [5, 5.41) is 0.492. The first kappa shape index (κ1) is 23.9. The topological polar surface area (TPSA) is 78.1 Å². The molecule has 0 aliphatic heterocycles. The van der Waals surface area contributed by atoms with Gasteiger partial charge in [-0.1, -0.05) is 23.2 Å². The molecule has 0 unspecified atom stereocenters. The number of carbonyl (C=O) groups excluding carboxylic acids is 1. The van der Waals surface area contributed by atoms with Gasteiger partial charge in [-0.2, -0.15) is 0 Å². The molecule has 0 aliphatic rings. The Kier molecular flexibility index (Phi) is 10.3. The predicted octanol–water partition coefficient (Wildman–Crippen LogP) is 3.86. The van der Waals surface area contributed by atoms with E-state index in [4.69, 9.17) is 33.7 Å². The normalized spacial score (nSPS) is 11.1. The number of aryl methyl sites for hydroxylation is 2. The van der Waals surface area contributed by atoms with Crippen LogP contribution in [0.3, 0.4) is 0 Å². The van der Waals surface area contributed by atoms with Crippen LogP contribution in [0.4, 0.5) is 0 Å². The summed E-state index contributed by atoms with van der Waals surface area (Å²) in [4.78, 5) is 20.1. The summed E-state index contributed by atoms with van der Waals surface area (Å²) in [5.74, 6) is -0.485. The van der Waals surface area contributed by atoms with E-state index in [1.165, 1.54) is 0 Å². The predicted molar refractivity (Wildman–Crippen MR) is 104 cm³/mol. The first-order chi connectivity index (χ1) is 10.8. The van der Waals surface area contributed by atoms with E-state index in [0.29, 0.717) is 12.0 Å². The zero-order valence-electron chi connectivity index (χ0n) is 13.7. The van der Waals surface area contributed by atoms with Gasteiger partial charge in [0.2, 0.25) is 0 Å². The van der Waals surface area contributed by atoms with E-state index >= 15 is 0 Å². The SMILES string of the molecule is Cc1cc(C[C@H](N)C(=O)OCc2cc(Cl)nc(Cl)c2)cc(C)n1.Cl.Cl. The minimum Gasteiger partial charge on any atom is -0.460 e. The molecule has 0 aliphatic carbocycles. The van der Waals surface area contributed by atoms with Crippen molar-refractivity contribution < 1.29 is 9.53 Å². The maximum absolute atomic E-state index is 12.0. The Morgan fingerprint density at radius 2 is 1.56 bits per heavy atom. The first-order valence-corrected chi connectivity index (χ1v) is 7.77. The van der Waals surface area contributed by atoms with Crippen molar-refractivity contribution in [1.82, 2.24) is 9.97 Å². The Balaban J connectivity index is 0.00000288. The number of esters is 1. The Labute approximate surface area is 169 Å². The lowest BCUT2D eigenvalue weighted by Crippen LogP contribution is -2.34. The third-order valence-electron chi connectivity index (χ3n) is 3.10. The van der Waals surface area contributed by atoms with Crippen molar-refractivity contribution in [1.29, 1.82) is 0 Å². The maximum atomic E-state index is 12.0. The van der Waals surface area contributed by atoms with E-state index < -0.39 is 12.0 Å². The number of hydrogen-bond donors (Lipinski definition) is 1. The zero-order chi connectivity index (χ0) is 17.0. The Bertz CT molecular complexity index is 688. The molecular formula is C16H19Cl4N3O2. The van der Waals surface area contributed by atoms with Crippen LogP contribution in [0.2, 0.25) is 10.3 Å². The van der Waals surface area contributed by atoms with Gasteiger partial charge in [-0.3, -0.25) is 9.78 Å². The molecule has 25 heavy (non-hydrogen) atoms. The molecular weight excluding hydrogens is 408 g/mol. The van der Waals surface area contributed by atoms with Crippen LogP contribution < -0.4 is 5.73 Å². The summed E-state index contributed by atoms with van der Waals surface area (Å²) in [5.41, 5.74) is 9.31. The molecule has 0 bridgehead atoms.